The Morgan fingerprint density at radius 1 is 0.333 bits per heavy atom. The summed E-state index contributed by atoms with van der Waals surface area (Å²) in [6, 6.07) is 95.4. The highest BCUT2D eigenvalue weighted by Crippen LogP contribution is 2.63. The van der Waals surface area contributed by atoms with Gasteiger partial charge in [-0.25, -0.2) is 0 Å². The summed E-state index contributed by atoms with van der Waals surface area (Å²) < 4.78 is 2.63. The van der Waals surface area contributed by atoms with Gasteiger partial charge in [-0.2, -0.15) is 0 Å². The molecule has 0 N–H and O–H groups in total. The number of benzene rings is 11. The molecule has 2 nitrogen and oxygen atoms in total. The van der Waals surface area contributed by atoms with E-state index in [1.54, 1.807) is 0 Å². The molecule has 12 aromatic rings. The Kier molecular flexibility index (Phi) is 10.9. The lowest BCUT2D eigenvalue weighted by molar-refractivity contribution is 0.264. The monoisotopic (exact) mass is 1080 g/mol. The van der Waals surface area contributed by atoms with Gasteiger partial charge in [-0.1, -0.05) is 230 Å². The van der Waals surface area contributed by atoms with Crippen LogP contribution in [0.2, 0.25) is 0 Å². The molecule has 16 rings (SSSR count). The molecule has 84 heavy (non-hydrogen) atoms. The number of allylic oxidation sites excluding steroid dienone is 1. The minimum Gasteiger partial charge on any atom is -0.313 e. The Labute approximate surface area is 494 Å². The lowest BCUT2D eigenvalue weighted by Gasteiger charge is -2.42. The van der Waals surface area contributed by atoms with E-state index in [0.717, 1.165) is 23.5 Å². The predicted octanol–water partition coefficient (Wildman–Crippen LogP) is 21.8. The summed E-state index contributed by atoms with van der Waals surface area (Å²) in [6.07, 6.45) is 3.53. The van der Waals surface area contributed by atoms with Crippen molar-refractivity contribution < 1.29 is 0 Å². The Hall–Kier alpha value is -9.50. The highest BCUT2D eigenvalue weighted by Gasteiger charge is 2.54. The molecule has 0 saturated heterocycles. The topological polar surface area (TPSA) is 8.17 Å². The summed E-state index contributed by atoms with van der Waals surface area (Å²) in [4.78, 5) is 2.39. The summed E-state index contributed by atoms with van der Waals surface area (Å²) in [5.74, 6) is 0. The van der Waals surface area contributed by atoms with Crippen LogP contribution in [0.3, 0.4) is 0 Å². The van der Waals surface area contributed by atoms with Gasteiger partial charge >= 0.3 is 0 Å². The van der Waals surface area contributed by atoms with Crippen LogP contribution in [0.1, 0.15) is 93.1 Å². The zero-order valence-corrected chi connectivity index (χ0v) is 48.9. The first-order valence-corrected chi connectivity index (χ1v) is 30.0. The Bertz CT molecular complexity index is 4600. The molecule has 2 heteroatoms. The van der Waals surface area contributed by atoms with Crippen LogP contribution in [0, 0.1) is 5.41 Å². The quantitative estimate of drug-likeness (QED) is 0.147. The predicted molar refractivity (Wildman–Crippen MR) is 354 cm³/mol. The molecule has 0 aliphatic heterocycles. The van der Waals surface area contributed by atoms with Crippen molar-refractivity contribution in [3.8, 4) is 72.4 Å². The number of hydrogen-bond acceptors (Lipinski definition) is 1. The van der Waals surface area contributed by atoms with Gasteiger partial charge in [0.15, 0.2) is 0 Å². The van der Waals surface area contributed by atoms with Gasteiger partial charge in [0.2, 0.25) is 0 Å². The van der Waals surface area contributed by atoms with E-state index in [0.29, 0.717) is 0 Å². The van der Waals surface area contributed by atoms with Crippen LogP contribution in [0.5, 0.6) is 0 Å². The molecule has 0 spiro atoms. The molecule has 4 aliphatic carbocycles. The number of nitrogens with zero attached hydrogens (tertiary/aromatic N) is 2. The van der Waals surface area contributed by atoms with Crippen LogP contribution in [-0.2, 0) is 22.7 Å². The molecule has 0 saturated carbocycles. The molecule has 1 unspecified atom stereocenters. The second kappa shape index (κ2) is 18.2. The lowest BCUT2D eigenvalue weighted by atomic mass is 9.61. The molecule has 1 atom stereocenters. The maximum Gasteiger partial charge on any atom is 0.0541 e. The van der Waals surface area contributed by atoms with Crippen LogP contribution in [-0.4, -0.2) is 4.57 Å². The van der Waals surface area contributed by atoms with E-state index in [4.69, 9.17) is 0 Å². The van der Waals surface area contributed by atoms with Crippen molar-refractivity contribution in [2.24, 2.45) is 5.41 Å². The lowest BCUT2D eigenvalue weighted by Crippen LogP contribution is -2.38. The van der Waals surface area contributed by atoms with E-state index in [2.05, 4.69) is 319 Å². The van der Waals surface area contributed by atoms with E-state index in [-0.39, 0.29) is 21.7 Å². The fourth-order valence-corrected chi connectivity index (χ4v) is 15.5. The molecular formula is C82H66N2. The molecule has 11 aromatic carbocycles. The third-order valence-corrected chi connectivity index (χ3v) is 20.5. The van der Waals surface area contributed by atoms with Gasteiger partial charge in [-0.05, 0) is 191 Å². The van der Waals surface area contributed by atoms with Crippen LogP contribution < -0.4 is 4.90 Å². The summed E-state index contributed by atoms with van der Waals surface area (Å²) in [5.41, 5.74) is 33.1. The third kappa shape index (κ3) is 7.35. The van der Waals surface area contributed by atoms with Crippen molar-refractivity contribution >= 4 is 39.6 Å². The second-order valence-electron chi connectivity index (χ2n) is 25.9. The van der Waals surface area contributed by atoms with E-state index in [9.17, 15) is 0 Å². The van der Waals surface area contributed by atoms with Crippen molar-refractivity contribution in [2.75, 3.05) is 4.90 Å². The van der Waals surface area contributed by atoms with E-state index < -0.39 is 0 Å². The van der Waals surface area contributed by atoms with Crippen molar-refractivity contribution in [2.45, 2.75) is 71.1 Å². The summed E-state index contributed by atoms with van der Waals surface area (Å²) in [6.45, 7) is 17.1. The number of aromatic nitrogens is 1. The fourth-order valence-electron chi connectivity index (χ4n) is 15.5. The van der Waals surface area contributed by atoms with Crippen molar-refractivity contribution in [1.29, 1.82) is 0 Å². The standard InChI is InChI=1S/C82H66N2/c1-79(2)71-27-16-14-25-64(71)68-48-69-70-49-76-66-26-15-17-28-73(66)81(5,6)82(76,7)51-78(70)84(77(69)50-75(68)79)62-41-33-56(34-42-62)58-36-44-72-67(46-58)65-43-35-59(47-74(65)80(72,3)4)57-23-18-24-63(45-57)83(60-37-29-54(30-38-60)52-19-10-8-11-20-52)61-39-31-55(32-40-61)53-21-12-9-13-22-53/h8-50H,51H2,1-7H3. The highest BCUT2D eigenvalue weighted by molar-refractivity contribution is 6.05. The van der Waals surface area contributed by atoms with Crippen LogP contribution in [0.4, 0.5) is 17.1 Å². The molecule has 0 bridgehead atoms. The van der Waals surface area contributed by atoms with E-state index in [1.165, 1.54) is 134 Å². The number of rotatable bonds is 8. The minimum atomic E-state index is -0.182. The largest absolute Gasteiger partial charge is 0.313 e. The first-order valence-electron chi connectivity index (χ1n) is 30.0. The SMILES string of the molecule is CC1(C)c2ccc(-c3ccc(-n4c5c(c6cc7c(cc64)C(C)(C)c4ccccc4-7)C=C4c6ccccc6C(C)(C)C4(C)C5)cc3)cc2-c2ccc(-c3cccc(N(c4ccc(-c5ccccc5)cc4)c4ccc(-c5ccccc5)cc4)c3)cc21. The molecule has 0 fully saturated rings. The molecule has 1 aromatic heterocycles. The van der Waals surface area contributed by atoms with Crippen LogP contribution in [0.15, 0.2) is 255 Å². The van der Waals surface area contributed by atoms with Gasteiger partial charge in [-0.15, -0.1) is 0 Å². The maximum atomic E-state index is 2.63. The molecule has 1 heterocycles. The zero-order chi connectivity index (χ0) is 56.9. The van der Waals surface area contributed by atoms with Crippen molar-refractivity contribution in [3.63, 3.8) is 0 Å². The number of hydrogen-bond donors (Lipinski definition) is 0. The number of anilines is 3. The van der Waals surface area contributed by atoms with Gasteiger partial charge in [0.25, 0.3) is 0 Å². The van der Waals surface area contributed by atoms with Gasteiger partial charge in [0.1, 0.15) is 0 Å². The summed E-state index contributed by atoms with van der Waals surface area (Å²) >= 11 is 0. The second-order valence-corrected chi connectivity index (χ2v) is 25.9. The van der Waals surface area contributed by atoms with Gasteiger partial charge in [-0.3, -0.25) is 0 Å². The van der Waals surface area contributed by atoms with Crippen LogP contribution >= 0.6 is 0 Å². The van der Waals surface area contributed by atoms with E-state index in [1.807, 2.05) is 0 Å². The first kappa shape index (κ1) is 50.2. The number of fused-ring (bicyclic) bond motifs is 12. The maximum absolute atomic E-state index is 2.63. The average Bonchev–Trinajstić information content (AvgIpc) is 1.70. The molecule has 4 aliphatic rings. The molecule has 0 radical (unpaired) electrons. The minimum absolute atomic E-state index is 0.0371. The molecule has 0 amide bonds. The van der Waals surface area contributed by atoms with Crippen LogP contribution in [0.25, 0.3) is 95.0 Å². The summed E-state index contributed by atoms with van der Waals surface area (Å²) in [5, 5.41) is 1.34. The van der Waals surface area contributed by atoms with Gasteiger partial charge in [0, 0.05) is 61.1 Å². The van der Waals surface area contributed by atoms with Crippen molar-refractivity contribution in [1.82, 2.24) is 4.57 Å². The molecular weight excluding hydrogens is 1010 g/mol. The Morgan fingerprint density at radius 2 is 0.810 bits per heavy atom. The Morgan fingerprint density at radius 3 is 1.48 bits per heavy atom. The average molecular weight is 1080 g/mol. The van der Waals surface area contributed by atoms with Gasteiger partial charge < -0.3 is 9.47 Å². The van der Waals surface area contributed by atoms with Gasteiger partial charge in [0.05, 0.1) is 5.52 Å². The normalized spacial score (nSPS) is 16.9. The fraction of sp³-hybridized carbons (Fsp3) is 0.146. The molecule has 404 valence electrons. The third-order valence-electron chi connectivity index (χ3n) is 20.5. The smallest absolute Gasteiger partial charge is 0.0541 e. The highest BCUT2D eigenvalue weighted by atomic mass is 15.1. The first-order chi connectivity index (χ1) is 40.8. The Balaban J connectivity index is 0.749. The van der Waals surface area contributed by atoms with E-state index >= 15 is 0 Å². The summed E-state index contributed by atoms with van der Waals surface area (Å²) in [7, 11) is 0. The van der Waals surface area contributed by atoms with Crippen molar-refractivity contribution in [3.05, 3.63) is 299 Å². The zero-order valence-electron chi connectivity index (χ0n) is 48.9.